The number of nitrogens with zero attached hydrogens (tertiary/aromatic N) is 2. The van der Waals surface area contributed by atoms with Gasteiger partial charge in [0.25, 0.3) is 0 Å². The summed E-state index contributed by atoms with van der Waals surface area (Å²) in [5.74, 6) is -0.553. The quantitative estimate of drug-likeness (QED) is 0.374. The molecule has 0 aliphatic rings. The Labute approximate surface area is 100 Å². The van der Waals surface area contributed by atoms with Crippen molar-refractivity contribution in [1.82, 2.24) is 9.62 Å². The average Bonchev–Trinajstić information content (AvgIpc) is 2.16. The molecule has 0 aromatic heterocycles. The molecule has 0 aliphatic carbocycles. The van der Waals surface area contributed by atoms with Crippen molar-refractivity contribution in [2.75, 3.05) is 35.3 Å². The summed E-state index contributed by atoms with van der Waals surface area (Å²) < 4.78 is 10.6. The highest BCUT2D eigenvalue weighted by molar-refractivity contribution is 6.52. The van der Waals surface area contributed by atoms with Gasteiger partial charge in [-0.3, -0.25) is 0 Å². The highest BCUT2D eigenvalue weighted by Gasteiger charge is 2.19. The molecule has 0 saturated carbocycles. The monoisotopic (exact) mass is 228 g/mol. The molecule has 0 bridgehead atoms. The van der Waals surface area contributed by atoms with E-state index in [1.807, 2.05) is 19.9 Å². The van der Waals surface area contributed by atoms with Gasteiger partial charge in [-0.25, -0.2) is 0 Å². The summed E-state index contributed by atoms with van der Waals surface area (Å²) in [6.45, 7) is 4.14. The van der Waals surface area contributed by atoms with E-state index in [1.165, 1.54) is 0 Å². The van der Waals surface area contributed by atoms with E-state index < -0.39 is 5.79 Å². The molecule has 0 rings (SSSR count). The largest absolute Gasteiger partial charge is 0.471 e. The molecule has 0 heterocycles. The molecule has 4 nitrogen and oxygen atoms in total. The maximum Gasteiger partial charge on any atom is 0.314 e. The van der Waals surface area contributed by atoms with Crippen LogP contribution in [0.3, 0.4) is 0 Å². The Morgan fingerprint density at radius 1 is 1.12 bits per heavy atom. The first-order chi connectivity index (χ1) is 7.30. The Kier molecular flexibility index (Phi) is 6.71. The topological polar surface area (TPSA) is 24.9 Å². The van der Waals surface area contributed by atoms with Gasteiger partial charge in [0.2, 0.25) is 5.79 Å². The highest BCUT2D eigenvalue weighted by atomic mass is 16.7. The molecule has 0 fully saturated rings. The van der Waals surface area contributed by atoms with Crippen LogP contribution in [-0.2, 0) is 9.47 Å². The van der Waals surface area contributed by atoms with E-state index in [0.29, 0.717) is 6.98 Å². The van der Waals surface area contributed by atoms with Gasteiger partial charge < -0.3 is 19.1 Å². The number of hydrogen-bond donors (Lipinski definition) is 0. The Morgan fingerprint density at radius 3 is 2.00 bits per heavy atom. The van der Waals surface area contributed by atoms with Crippen LogP contribution < -0.4 is 0 Å². The zero-order valence-electron chi connectivity index (χ0n) is 11.7. The normalized spacial score (nSPS) is 12.8. The van der Waals surface area contributed by atoms with Crippen LogP contribution in [0.1, 0.15) is 13.8 Å². The van der Waals surface area contributed by atoms with E-state index in [1.54, 1.807) is 13.4 Å². The standard InChI is InChI=1S/C11H25BN2O2/c1-11(2,15-7)16-10-8-9-12(13(3)4)14(5)6/h8,10H,9H2,1-7H3/b10-8-. The van der Waals surface area contributed by atoms with E-state index in [9.17, 15) is 0 Å². The predicted octanol–water partition coefficient (Wildman–Crippen LogP) is 1.51. The Morgan fingerprint density at radius 2 is 1.62 bits per heavy atom. The molecule has 0 radical (unpaired) electrons. The van der Waals surface area contributed by atoms with Gasteiger partial charge in [-0.2, -0.15) is 0 Å². The van der Waals surface area contributed by atoms with Crippen LogP contribution in [0.2, 0.25) is 6.32 Å². The molecule has 16 heavy (non-hydrogen) atoms. The summed E-state index contributed by atoms with van der Waals surface area (Å²) in [5, 5.41) is 0. The van der Waals surface area contributed by atoms with Gasteiger partial charge in [-0.15, -0.1) is 0 Å². The summed E-state index contributed by atoms with van der Waals surface area (Å²) >= 11 is 0. The van der Waals surface area contributed by atoms with Gasteiger partial charge >= 0.3 is 6.98 Å². The van der Waals surface area contributed by atoms with Gasteiger partial charge in [0.15, 0.2) is 0 Å². The van der Waals surface area contributed by atoms with Crippen molar-refractivity contribution in [1.29, 1.82) is 0 Å². The Balaban J connectivity index is 4.07. The second-order valence-corrected chi connectivity index (χ2v) is 4.74. The molecule has 0 aromatic carbocycles. The fourth-order valence-corrected chi connectivity index (χ4v) is 1.32. The number of ether oxygens (including phenoxy) is 2. The van der Waals surface area contributed by atoms with Crippen molar-refractivity contribution < 1.29 is 9.47 Å². The van der Waals surface area contributed by atoms with Crippen molar-refractivity contribution in [2.24, 2.45) is 0 Å². The molecule has 0 aromatic rings. The average molecular weight is 228 g/mol. The van der Waals surface area contributed by atoms with Crippen molar-refractivity contribution in [3.8, 4) is 0 Å². The van der Waals surface area contributed by atoms with E-state index in [2.05, 4.69) is 37.8 Å². The molecule has 94 valence electrons. The molecular formula is C11H25BN2O2. The van der Waals surface area contributed by atoms with Crippen LogP contribution in [0, 0.1) is 0 Å². The summed E-state index contributed by atoms with van der Waals surface area (Å²) in [6.07, 6.45) is 4.65. The number of methoxy groups -OCH3 is 1. The molecule has 0 amide bonds. The van der Waals surface area contributed by atoms with Gasteiger partial charge in [0.05, 0.1) is 6.26 Å². The van der Waals surface area contributed by atoms with Crippen molar-refractivity contribution >= 4 is 6.98 Å². The first-order valence-corrected chi connectivity index (χ1v) is 5.51. The second kappa shape index (κ2) is 6.94. The van der Waals surface area contributed by atoms with Gasteiger partial charge in [-0.1, -0.05) is 6.08 Å². The third-order valence-electron chi connectivity index (χ3n) is 2.48. The van der Waals surface area contributed by atoms with Gasteiger partial charge in [0, 0.05) is 21.0 Å². The summed E-state index contributed by atoms with van der Waals surface area (Å²) in [7, 11) is 9.91. The zero-order chi connectivity index (χ0) is 12.8. The second-order valence-electron chi connectivity index (χ2n) is 4.74. The molecule has 0 aliphatic heterocycles. The van der Waals surface area contributed by atoms with E-state index in [4.69, 9.17) is 9.47 Å². The third kappa shape index (κ3) is 6.15. The Hall–Kier alpha value is -0.515. The SMILES string of the molecule is COC(C)(C)O/C=C\CB(N(C)C)N(C)C. The van der Waals surface area contributed by atoms with E-state index in [-0.39, 0.29) is 0 Å². The molecular weight excluding hydrogens is 203 g/mol. The lowest BCUT2D eigenvalue weighted by Gasteiger charge is -2.25. The molecule has 5 heteroatoms. The molecule has 0 N–H and O–H groups in total. The number of allylic oxidation sites excluding steroid dienone is 1. The van der Waals surface area contributed by atoms with Crippen LogP contribution >= 0.6 is 0 Å². The van der Waals surface area contributed by atoms with Gasteiger partial charge in [-0.05, 0) is 34.5 Å². The number of rotatable bonds is 7. The van der Waals surface area contributed by atoms with E-state index in [0.717, 1.165) is 6.32 Å². The summed E-state index contributed by atoms with van der Waals surface area (Å²) in [4.78, 5) is 4.34. The fourth-order valence-electron chi connectivity index (χ4n) is 1.32. The lowest BCUT2D eigenvalue weighted by atomic mass is 9.69. The van der Waals surface area contributed by atoms with Crippen LogP contribution in [0.25, 0.3) is 0 Å². The van der Waals surface area contributed by atoms with Crippen molar-refractivity contribution in [2.45, 2.75) is 26.0 Å². The minimum absolute atomic E-state index is 0.380. The zero-order valence-corrected chi connectivity index (χ0v) is 11.7. The third-order valence-corrected chi connectivity index (χ3v) is 2.48. The molecule has 0 atom stereocenters. The highest BCUT2D eigenvalue weighted by Crippen LogP contribution is 2.10. The fraction of sp³-hybridized carbons (Fsp3) is 0.818. The molecule has 0 saturated heterocycles. The first-order valence-electron chi connectivity index (χ1n) is 5.51. The predicted molar refractivity (Wildman–Crippen MR) is 69.2 cm³/mol. The van der Waals surface area contributed by atoms with Gasteiger partial charge in [0.1, 0.15) is 0 Å². The van der Waals surface area contributed by atoms with Crippen LogP contribution in [0.15, 0.2) is 12.3 Å². The van der Waals surface area contributed by atoms with Crippen LogP contribution in [0.4, 0.5) is 0 Å². The van der Waals surface area contributed by atoms with Crippen LogP contribution in [0.5, 0.6) is 0 Å². The maximum absolute atomic E-state index is 5.45. The Bertz CT molecular complexity index is 210. The summed E-state index contributed by atoms with van der Waals surface area (Å²) in [6, 6.07) is 0. The van der Waals surface area contributed by atoms with Crippen LogP contribution in [-0.4, -0.2) is 57.7 Å². The lowest BCUT2D eigenvalue weighted by molar-refractivity contribution is -0.161. The van der Waals surface area contributed by atoms with Crippen molar-refractivity contribution in [3.63, 3.8) is 0 Å². The maximum atomic E-state index is 5.45. The molecule has 0 unspecified atom stereocenters. The molecule has 0 spiro atoms. The lowest BCUT2D eigenvalue weighted by Crippen LogP contribution is -2.45. The smallest absolute Gasteiger partial charge is 0.314 e. The summed E-state index contributed by atoms with van der Waals surface area (Å²) in [5.41, 5.74) is 0. The minimum Gasteiger partial charge on any atom is -0.471 e. The first kappa shape index (κ1) is 15.5. The minimum atomic E-state index is -0.553. The van der Waals surface area contributed by atoms with E-state index >= 15 is 0 Å². The van der Waals surface area contributed by atoms with Crippen molar-refractivity contribution in [3.05, 3.63) is 12.3 Å². The number of hydrogen-bond acceptors (Lipinski definition) is 4.